The van der Waals surface area contributed by atoms with E-state index in [1.165, 1.54) is 14.2 Å². The fourth-order valence-electron chi connectivity index (χ4n) is 2.06. The van der Waals surface area contributed by atoms with E-state index in [-0.39, 0.29) is 13.0 Å². The van der Waals surface area contributed by atoms with Gasteiger partial charge in [0.1, 0.15) is 5.75 Å². The maximum Gasteiger partial charge on any atom is 0.320 e. The first-order valence-corrected chi connectivity index (χ1v) is 6.49. The molecule has 0 aliphatic carbocycles. The standard InChI is InChI=1S/C15H20O6/c1-19-13-5-4-10(8-11(13)6-7-16)9-12(14(17)20-2)15(18)21-3/h4-5,8,12,16H,6-7,9H2,1-3H3. The van der Waals surface area contributed by atoms with Crippen molar-refractivity contribution in [2.24, 2.45) is 5.92 Å². The zero-order valence-corrected chi connectivity index (χ0v) is 12.4. The van der Waals surface area contributed by atoms with E-state index >= 15 is 0 Å². The lowest BCUT2D eigenvalue weighted by Gasteiger charge is -2.14. The molecule has 1 aromatic carbocycles. The van der Waals surface area contributed by atoms with Crippen molar-refractivity contribution < 1.29 is 28.9 Å². The highest BCUT2D eigenvalue weighted by Crippen LogP contribution is 2.22. The van der Waals surface area contributed by atoms with Gasteiger partial charge in [0.25, 0.3) is 0 Å². The van der Waals surface area contributed by atoms with Gasteiger partial charge in [0.05, 0.1) is 21.3 Å². The van der Waals surface area contributed by atoms with Crippen LogP contribution in [0.15, 0.2) is 18.2 Å². The molecule has 0 fully saturated rings. The number of methoxy groups -OCH3 is 3. The van der Waals surface area contributed by atoms with Crippen LogP contribution in [0.1, 0.15) is 11.1 Å². The van der Waals surface area contributed by atoms with Gasteiger partial charge in [0.15, 0.2) is 5.92 Å². The molecule has 0 atom stereocenters. The molecule has 0 unspecified atom stereocenters. The Bertz CT molecular complexity index is 481. The topological polar surface area (TPSA) is 82.1 Å². The summed E-state index contributed by atoms with van der Waals surface area (Å²) >= 11 is 0. The fourth-order valence-corrected chi connectivity index (χ4v) is 2.06. The molecule has 0 aliphatic heterocycles. The van der Waals surface area contributed by atoms with Crippen LogP contribution >= 0.6 is 0 Å². The largest absolute Gasteiger partial charge is 0.496 e. The molecule has 0 amide bonds. The number of aliphatic hydroxyl groups is 1. The van der Waals surface area contributed by atoms with E-state index in [4.69, 9.17) is 9.84 Å². The van der Waals surface area contributed by atoms with Crippen molar-refractivity contribution in [3.8, 4) is 5.75 Å². The molecular formula is C15H20O6. The van der Waals surface area contributed by atoms with Crippen LogP contribution in [0.4, 0.5) is 0 Å². The molecule has 0 aliphatic rings. The maximum absolute atomic E-state index is 11.7. The number of esters is 2. The smallest absolute Gasteiger partial charge is 0.320 e. The zero-order chi connectivity index (χ0) is 15.8. The van der Waals surface area contributed by atoms with Crippen LogP contribution < -0.4 is 4.74 Å². The van der Waals surface area contributed by atoms with E-state index in [0.717, 1.165) is 11.1 Å². The van der Waals surface area contributed by atoms with Gasteiger partial charge in [0, 0.05) is 6.61 Å². The maximum atomic E-state index is 11.7. The summed E-state index contributed by atoms with van der Waals surface area (Å²) in [5.74, 6) is -1.63. The number of benzene rings is 1. The first kappa shape index (κ1) is 17.0. The first-order chi connectivity index (χ1) is 10.1. The molecule has 0 heterocycles. The van der Waals surface area contributed by atoms with Crippen molar-refractivity contribution in [3.05, 3.63) is 29.3 Å². The molecule has 1 N–H and O–H groups in total. The summed E-state index contributed by atoms with van der Waals surface area (Å²) in [7, 11) is 3.99. The quantitative estimate of drug-likeness (QED) is 0.590. The van der Waals surface area contributed by atoms with Crippen molar-refractivity contribution in [1.82, 2.24) is 0 Å². The van der Waals surface area contributed by atoms with Crippen LogP contribution in [0.25, 0.3) is 0 Å². The number of hydrogen-bond donors (Lipinski definition) is 1. The molecule has 21 heavy (non-hydrogen) atoms. The molecule has 6 heteroatoms. The Morgan fingerprint density at radius 3 is 2.24 bits per heavy atom. The van der Waals surface area contributed by atoms with Gasteiger partial charge in [-0.05, 0) is 30.0 Å². The van der Waals surface area contributed by atoms with E-state index in [9.17, 15) is 9.59 Å². The number of carbonyl (C=O) groups excluding carboxylic acids is 2. The number of hydrogen-bond acceptors (Lipinski definition) is 6. The van der Waals surface area contributed by atoms with Gasteiger partial charge in [-0.15, -0.1) is 0 Å². The summed E-state index contributed by atoms with van der Waals surface area (Å²) in [6.07, 6.45) is 0.597. The minimum Gasteiger partial charge on any atom is -0.496 e. The molecule has 0 spiro atoms. The van der Waals surface area contributed by atoms with E-state index in [0.29, 0.717) is 12.2 Å². The Labute approximate surface area is 123 Å². The highest BCUT2D eigenvalue weighted by Gasteiger charge is 2.29. The zero-order valence-electron chi connectivity index (χ0n) is 12.4. The summed E-state index contributed by atoms with van der Waals surface area (Å²) in [6.45, 7) is -0.0166. The SMILES string of the molecule is COC(=O)C(Cc1ccc(OC)c(CCO)c1)C(=O)OC. The summed E-state index contributed by atoms with van der Waals surface area (Å²) in [5, 5.41) is 9.06. The minimum absolute atomic E-state index is 0.0166. The Morgan fingerprint density at radius 1 is 1.14 bits per heavy atom. The lowest BCUT2D eigenvalue weighted by atomic mass is 9.97. The molecule has 1 rings (SSSR count). The van der Waals surface area contributed by atoms with E-state index in [1.54, 1.807) is 25.3 Å². The predicted molar refractivity (Wildman–Crippen MR) is 75.0 cm³/mol. The van der Waals surface area contributed by atoms with Gasteiger partial charge in [-0.3, -0.25) is 9.59 Å². The predicted octanol–water partition coefficient (Wildman–Crippen LogP) is 0.735. The summed E-state index contributed by atoms with van der Waals surface area (Å²) in [6, 6.07) is 5.30. The summed E-state index contributed by atoms with van der Waals surface area (Å²) < 4.78 is 14.5. The first-order valence-electron chi connectivity index (χ1n) is 6.49. The van der Waals surface area contributed by atoms with Gasteiger partial charge in [-0.1, -0.05) is 12.1 Å². The Morgan fingerprint density at radius 2 is 1.76 bits per heavy atom. The highest BCUT2D eigenvalue weighted by atomic mass is 16.5. The fraction of sp³-hybridized carbons (Fsp3) is 0.467. The average molecular weight is 296 g/mol. The highest BCUT2D eigenvalue weighted by molar-refractivity contribution is 5.95. The lowest BCUT2D eigenvalue weighted by Crippen LogP contribution is -2.28. The molecule has 0 saturated carbocycles. The van der Waals surface area contributed by atoms with Crippen LogP contribution in [0.2, 0.25) is 0 Å². The molecular weight excluding hydrogens is 276 g/mol. The monoisotopic (exact) mass is 296 g/mol. The molecule has 0 bridgehead atoms. The van der Waals surface area contributed by atoms with Crippen molar-refractivity contribution >= 4 is 11.9 Å². The van der Waals surface area contributed by atoms with E-state index in [2.05, 4.69) is 9.47 Å². The molecule has 0 saturated heterocycles. The Balaban J connectivity index is 3.00. The number of carbonyl (C=O) groups is 2. The Kier molecular flexibility index (Phi) is 6.68. The Hall–Kier alpha value is -2.08. The molecule has 1 aromatic rings. The van der Waals surface area contributed by atoms with Gasteiger partial charge >= 0.3 is 11.9 Å². The molecule has 6 nitrogen and oxygen atoms in total. The molecule has 116 valence electrons. The van der Waals surface area contributed by atoms with E-state index in [1.807, 2.05) is 0 Å². The number of ether oxygens (including phenoxy) is 3. The second-order valence-corrected chi connectivity index (χ2v) is 4.42. The van der Waals surface area contributed by atoms with Crippen molar-refractivity contribution in [2.45, 2.75) is 12.8 Å². The third kappa shape index (κ3) is 4.46. The minimum atomic E-state index is -1.00. The number of aliphatic hydroxyl groups excluding tert-OH is 1. The van der Waals surface area contributed by atoms with Gasteiger partial charge in [-0.2, -0.15) is 0 Å². The molecule has 0 aromatic heterocycles. The molecule has 0 radical (unpaired) electrons. The van der Waals surface area contributed by atoms with Gasteiger partial charge in [-0.25, -0.2) is 0 Å². The van der Waals surface area contributed by atoms with Crippen LogP contribution in [-0.4, -0.2) is 45.0 Å². The second-order valence-electron chi connectivity index (χ2n) is 4.42. The third-order valence-corrected chi connectivity index (χ3v) is 3.14. The average Bonchev–Trinajstić information content (AvgIpc) is 2.51. The summed E-state index contributed by atoms with van der Waals surface area (Å²) in [4.78, 5) is 23.3. The van der Waals surface area contributed by atoms with Crippen molar-refractivity contribution in [2.75, 3.05) is 27.9 Å². The van der Waals surface area contributed by atoms with E-state index < -0.39 is 17.9 Å². The van der Waals surface area contributed by atoms with Crippen LogP contribution in [0.3, 0.4) is 0 Å². The van der Waals surface area contributed by atoms with Gasteiger partial charge < -0.3 is 19.3 Å². The number of rotatable bonds is 7. The summed E-state index contributed by atoms with van der Waals surface area (Å²) in [5.41, 5.74) is 1.58. The van der Waals surface area contributed by atoms with Gasteiger partial charge in [0.2, 0.25) is 0 Å². The van der Waals surface area contributed by atoms with Crippen LogP contribution in [0.5, 0.6) is 5.75 Å². The normalized spacial score (nSPS) is 10.3. The van der Waals surface area contributed by atoms with Crippen molar-refractivity contribution in [1.29, 1.82) is 0 Å². The van der Waals surface area contributed by atoms with Crippen molar-refractivity contribution in [3.63, 3.8) is 0 Å². The van der Waals surface area contributed by atoms with Crippen LogP contribution in [-0.2, 0) is 31.9 Å². The lowest BCUT2D eigenvalue weighted by molar-refractivity contribution is -0.158. The second kappa shape index (κ2) is 8.26. The van der Waals surface area contributed by atoms with Crippen LogP contribution in [0, 0.1) is 5.92 Å². The third-order valence-electron chi connectivity index (χ3n) is 3.14.